The van der Waals surface area contributed by atoms with Gasteiger partial charge in [0.25, 0.3) is 0 Å². The van der Waals surface area contributed by atoms with Crippen LogP contribution in [0.5, 0.6) is 0 Å². The van der Waals surface area contributed by atoms with Crippen LogP contribution in [0.3, 0.4) is 0 Å². The summed E-state index contributed by atoms with van der Waals surface area (Å²) in [6.07, 6.45) is 8.73. The molecule has 1 spiro atoms. The number of hydrogen-bond acceptors (Lipinski definition) is 3. The van der Waals surface area contributed by atoms with E-state index in [1.165, 1.54) is 45.1 Å². The summed E-state index contributed by atoms with van der Waals surface area (Å²) in [6.45, 7) is 7.90. The average molecular weight is 280 g/mol. The van der Waals surface area contributed by atoms with Gasteiger partial charge in [-0.25, -0.2) is 0 Å². The van der Waals surface area contributed by atoms with Crippen LogP contribution in [-0.2, 0) is 4.74 Å². The van der Waals surface area contributed by atoms with Gasteiger partial charge in [-0.3, -0.25) is 0 Å². The van der Waals surface area contributed by atoms with Crippen molar-refractivity contribution < 1.29 is 4.74 Å². The first-order chi connectivity index (χ1) is 9.69. The summed E-state index contributed by atoms with van der Waals surface area (Å²) in [6, 6.07) is 1.43. The lowest BCUT2D eigenvalue weighted by molar-refractivity contribution is -0.130. The second kappa shape index (κ2) is 5.94. The Morgan fingerprint density at radius 3 is 2.80 bits per heavy atom. The standard InChI is InChI=1S/C17H32N2O/c1-4-13(2)19(3)11-10-18-15-14-7-12-20-16(14)17(15)8-5-6-9-17/h13-16,18H,4-12H2,1-3H3/t13-,14+,15+,16-/m0/s1. The lowest BCUT2D eigenvalue weighted by Gasteiger charge is -2.57. The number of fused-ring (bicyclic) bond motifs is 2. The molecule has 3 rings (SSSR count). The van der Waals surface area contributed by atoms with Crippen LogP contribution in [0.2, 0.25) is 0 Å². The normalized spacial score (nSPS) is 36.3. The van der Waals surface area contributed by atoms with Gasteiger partial charge in [-0.2, -0.15) is 0 Å². The Morgan fingerprint density at radius 2 is 2.10 bits per heavy atom. The van der Waals surface area contributed by atoms with Gasteiger partial charge >= 0.3 is 0 Å². The summed E-state index contributed by atoms with van der Waals surface area (Å²) in [4.78, 5) is 2.48. The molecule has 0 bridgehead atoms. The first kappa shape index (κ1) is 14.8. The zero-order chi connectivity index (χ0) is 14.2. The van der Waals surface area contributed by atoms with Crippen LogP contribution < -0.4 is 5.32 Å². The van der Waals surface area contributed by atoms with E-state index in [2.05, 4.69) is 31.1 Å². The maximum absolute atomic E-state index is 6.05. The van der Waals surface area contributed by atoms with Crippen LogP contribution in [0.1, 0.15) is 52.4 Å². The zero-order valence-electron chi connectivity index (χ0n) is 13.5. The third-order valence-corrected chi connectivity index (χ3v) is 6.46. The van der Waals surface area contributed by atoms with Crippen molar-refractivity contribution >= 4 is 0 Å². The summed E-state index contributed by atoms with van der Waals surface area (Å²) >= 11 is 0. The minimum absolute atomic E-state index is 0.510. The Hall–Kier alpha value is -0.120. The summed E-state index contributed by atoms with van der Waals surface area (Å²) in [7, 11) is 2.25. The molecule has 2 saturated carbocycles. The largest absolute Gasteiger partial charge is 0.377 e. The first-order valence-corrected chi connectivity index (χ1v) is 8.74. The fourth-order valence-electron chi connectivity index (χ4n) is 4.94. The highest BCUT2D eigenvalue weighted by atomic mass is 16.5. The highest BCUT2D eigenvalue weighted by molar-refractivity contribution is 5.16. The van der Waals surface area contributed by atoms with E-state index in [0.29, 0.717) is 17.6 Å². The van der Waals surface area contributed by atoms with E-state index in [0.717, 1.165) is 25.1 Å². The number of rotatable bonds is 6. The van der Waals surface area contributed by atoms with Gasteiger partial charge in [0.2, 0.25) is 0 Å². The quantitative estimate of drug-likeness (QED) is 0.809. The molecule has 1 N–H and O–H groups in total. The van der Waals surface area contributed by atoms with Crippen molar-refractivity contribution in [2.45, 2.75) is 70.6 Å². The van der Waals surface area contributed by atoms with Gasteiger partial charge in [0.15, 0.2) is 0 Å². The third-order valence-electron chi connectivity index (χ3n) is 6.46. The Labute approximate surface area is 124 Å². The zero-order valence-corrected chi connectivity index (χ0v) is 13.5. The van der Waals surface area contributed by atoms with Crippen LogP contribution in [-0.4, -0.2) is 49.8 Å². The first-order valence-electron chi connectivity index (χ1n) is 8.74. The molecule has 20 heavy (non-hydrogen) atoms. The van der Waals surface area contributed by atoms with E-state index in [9.17, 15) is 0 Å². The molecule has 0 aromatic carbocycles. The van der Waals surface area contributed by atoms with Crippen molar-refractivity contribution in [3.63, 3.8) is 0 Å². The van der Waals surface area contributed by atoms with Gasteiger partial charge in [0, 0.05) is 43.1 Å². The lowest BCUT2D eigenvalue weighted by atomic mass is 9.54. The fraction of sp³-hybridized carbons (Fsp3) is 1.00. The van der Waals surface area contributed by atoms with Crippen LogP contribution in [0.4, 0.5) is 0 Å². The smallest absolute Gasteiger partial charge is 0.0690 e. The molecule has 3 fully saturated rings. The Morgan fingerprint density at radius 1 is 1.35 bits per heavy atom. The van der Waals surface area contributed by atoms with Gasteiger partial charge < -0.3 is 15.0 Å². The molecule has 0 amide bonds. The molecule has 3 nitrogen and oxygen atoms in total. The topological polar surface area (TPSA) is 24.5 Å². The molecule has 0 aromatic rings. The van der Waals surface area contributed by atoms with E-state index >= 15 is 0 Å². The van der Waals surface area contributed by atoms with E-state index in [1.807, 2.05) is 0 Å². The fourth-order valence-corrected chi connectivity index (χ4v) is 4.94. The summed E-state index contributed by atoms with van der Waals surface area (Å²) in [5.74, 6) is 0.807. The summed E-state index contributed by atoms with van der Waals surface area (Å²) < 4.78 is 6.05. The third kappa shape index (κ3) is 2.32. The predicted octanol–water partition coefficient (Wildman–Crippen LogP) is 2.65. The van der Waals surface area contributed by atoms with Crippen molar-refractivity contribution in [1.29, 1.82) is 0 Å². The monoisotopic (exact) mass is 280 g/mol. The molecule has 3 aliphatic rings. The van der Waals surface area contributed by atoms with Crippen molar-refractivity contribution in [3.8, 4) is 0 Å². The van der Waals surface area contributed by atoms with Gasteiger partial charge in [-0.1, -0.05) is 19.8 Å². The SMILES string of the molecule is CC[C@H](C)N(C)CCN[C@@H]1[C@H]2CCO[C@@H]2C12CCCC2. The van der Waals surface area contributed by atoms with Crippen LogP contribution >= 0.6 is 0 Å². The molecule has 116 valence electrons. The van der Waals surface area contributed by atoms with Crippen LogP contribution in [0.15, 0.2) is 0 Å². The Balaban J connectivity index is 1.52. The average Bonchev–Trinajstić information content (AvgIpc) is 3.10. The summed E-state index contributed by atoms with van der Waals surface area (Å²) in [5, 5.41) is 3.91. The lowest BCUT2D eigenvalue weighted by Crippen LogP contribution is -2.67. The Kier molecular flexibility index (Phi) is 4.40. The molecule has 4 atom stereocenters. The molecule has 0 aromatic heterocycles. The van der Waals surface area contributed by atoms with Gasteiger partial charge in [0.1, 0.15) is 0 Å². The van der Waals surface area contributed by atoms with Gasteiger partial charge in [-0.15, -0.1) is 0 Å². The molecular formula is C17H32N2O. The van der Waals surface area contributed by atoms with Crippen molar-refractivity contribution in [2.75, 3.05) is 26.7 Å². The predicted molar refractivity (Wildman–Crippen MR) is 82.9 cm³/mol. The molecule has 0 radical (unpaired) electrons. The second-order valence-electron chi connectivity index (χ2n) is 7.35. The molecule has 1 heterocycles. The van der Waals surface area contributed by atoms with E-state index in [-0.39, 0.29) is 0 Å². The number of ether oxygens (including phenoxy) is 1. The maximum Gasteiger partial charge on any atom is 0.0690 e. The Bertz CT molecular complexity index is 327. The molecule has 3 heteroatoms. The van der Waals surface area contributed by atoms with Crippen molar-refractivity contribution in [2.24, 2.45) is 11.3 Å². The molecule has 1 aliphatic heterocycles. The second-order valence-corrected chi connectivity index (χ2v) is 7.35. The highest BCUT2D eigenvalue weighted by Gasteiger charge is 2.64. The number of nitrogens with one attached hydrogen (secondary N) is 1. The van der Waals surface area contributed by atoms with Crippen molar-refractivity contribution in [3.05, 3.63) is 0 Å². The number of hydrogen-bond donors (Lipinski definition) is 1. The van der Waals surface area contributed by atoms with E-state index in [4.69, 9.17) is 4.74 Å². The minimum Gasteiger partial charge on any atom is -0.377 e. The van der Waals surface area contributed by atoms with Gasteiger partial charge in [0.05, 0.1) is 6.10 Å². The summed E-state index contributed by atoms with van der Waals surface area (Å²) in [5.41, 5.74) is 0.510. The highest BCUT2D eigenvalue weighted by Crippen LogP contribution is 2.60. The van der Waals surface area contributed by atoms with Gasteiger partial charge in [-0.05, 0) is 39.7 Å². The van der Waals surface area contributed by atoms with Crippen molar-refractivity contribution in [1.82, 2.24) is 10.2 Å². The molecule has 1 saturated heterocycles. The number of nitrogens with zero attached hydrogens (tertiary/aromatic N) is 1. The number of likely N-dealkylation sites (N-methyl/N-ethyl adjacent to an activating group) is 1. The maximum atomic E-state index is 6.05. The molecule has 2 aliphatic carbocycles. The van der Waals surface area contributed by atoms with E-state index in [1.54, 1.807) is 0 Å². The molecular weight excluding hydrogens is 248 g/mol. The minimum atomic E-state index is 0.510. The molecule has 0 unspecified atom stereocenters. The van der Waals surface area contributed by atoms with Crippen LogP contribution in [0, 0.1) is 11.3 Å². The van der Waals surface area contributed by atoms with E-state index < -0.39 is 0 Å². The van der Waals surface area contributed by atoms with Crippen LogP contribution in [0.25, 0.3) is 0 Å².